The van der Waals surface area contributed by atoms with Crippen LogP contribution in [0.2, 0.25) is 0 Å². The van der Waals surface area contributed by atoms with Crippen LogP contribution in [-0.4, -0.2) is 71.0 Å². The number of para-hydroxylation sites is 2. The van der Waals surface area contributed by atoms with Crippen molar-refractivity contribution in [3.05, 3.63) is 67.1 Å². The van der Waals surface area contributed by atoms with E-state index in [9.17, 15) is 4.79 Å². The number of aromatic nitrogens is 3. The first-order valence-electron chi connectivity index (χ1n) is 13.0. The number of hydrogen-bond acceptors (Lipinski definition) is 7. The first-order chi connectivity index (χ1) is 18.2. The lowest BCUT2D eigenvalue weighted by molar-refractivity contribution is -0.129. The first-order valence-corrected chi connectivity index (χ1v) is 13.0. The van der Waals surface area contributed by atoms with Crippen LogP contribution in [0, 0.1) is 0 Å². The second kappa shape index (κ2) is 10.0. The number of anilines is 4. The molecule has 0 atom stereocenters. The van der Waals surface area contributed by atoms with Crippen molar-refractivity contribution in [1.29, 1.82) is 0 Å². The zero-order valence-electron chi connectivity index (χ0n) is 20.9. The number of hydrogen-bond donors (Lipinski definition) is 2. The minimum absolute atomic E-state index is 0.0695. The van der Waals surface area contributed by atoms with Gasteiger partial charge >= 0.3 is 0 Å². The number of imidazole rings is 1. The molecule has 190 valence electrons. The summed E-state index contributed by atoms with van der Waals surface area (Å²) in [6.07, 6.45) is 7.84. The van der Waals surface area contributed by atoms with Crippen molar-refractivity contribution >= 4 is 34.4 Å². The number of amides is 1. The Labute approximate surface area is 216 Å². The molecule has 2 saturated heterocycles. The van der Waals surface area contributed by atoms with E-state index >= 15 is 0 Å². The van der Waals surface area contributed by atoms with E-state index in [1.165, 1.54) is 18.5 Å². The number of fused-ring (bicyclic) bond motifs is 1. The topological polar surface area (TPSA) is 95.0 Å². The summed E-state index contributed by atoms with van der Waals surface area (Å²) in [5.41, 5.74) is 11.8. The fraction of sp³-hybridized carbons (Fsp3) is 0.321. The predicted octanol–water partition coefficient (Wildman–Crippen LogP) is 3.34. The van der Waals surface area contributed by atoms with Crippen molar-refractivity contribution in [2.45, 2.75) is 12.8 Å². The van der Waals surface area contributed by atoms with Crippen molar-refractivity contribution in [3.63, 3.8) is 0 Å². The minimum Gasteiger partial charge on any atom is -0.397 e. The molecule has 2 aromatic carbocycles. The van der Waals surface area contributed by atoms with Gasteiger partial charge in [-0.3, -0.25) is 14.2 Å². The van der Waals surface area contributed by atoms with E-state index in [-0.39, 0.29) is 12.5 Å². The second-order valence-electron chi connectivity index (χ2n) is 9.63. The van der Waals surface area contributed by atoms with E-state index < -0.39 is 0 Å². The molecule has 2 aliphatic heterocycles. The van der Waals surface area contributed by atoms with E-state index in [0.717, 1.165) is 60.3 Å². The molecule has 1 amide bonds. The molecule has 6 rings (SSSR count). The smallest absolute Gasteiger partial charge is 0.242 e. The Morgan fingerprint density at radius 1 is 0.919 bits per heavy atom. The van der Waals surface area contributed by atoms with Gasteiger partial charge in [-0.25, -0.2) is 4.98 Å². The van der Waals surface area contributed by atoms with Gasteiger partial charge < -0.3 is 25.8 Å². The quantitative estimate of drug-likeness (QED) is 0.395. The monoisotopic (exact) mass is 496 g/mol. The van der Waals surface area contributed by atoms with Gasteiger partial charge in [0.05, 0.1) is 24.1 Å². The van der Waals surface area contributed by atoms with Crippen LogP contribution in [0.3, 0.4) is 0 Å². The highest BCUT2D eigenvalue weighted by Crippen LogP contribution is 2.31. The normalized spacial score (nSPS) is 15.9. The Morgan fingerprint density at radius 3 is 2.43 bits per heavy atom. The van der Waals surface area contributed by atoms with E-state index in [0.29, 0.717) is 13.1 Å². The van der Waals surface area contributed by atoms with Gasteiger partial charge in [0.2, 0.25) is 5.91 Å². The largest absolute Gasteiger partial charge is 0.397 e. The summed E-state index contributed by atoms with van der Waals surface area (Å²) < 4.78 is 1.96. The van der Waals surface area contributed by atoms with E-state index in [1.54, 1.807) is 12.4 Å². The van der Waals surface area contributed by atoms with Crippen molar-refractivity contribution < 1.29 is 4.79 Å². The Morgan fingerprint density at radius 2 is 1.68 bits per heavy atom. The Bertz CT molecular complexity index is 1390. The van der Waals surface area contributed by atoms with Crippen molar-refractivity contribution in [3.8, 4) is 11.3 Å². The van der Waals surface area contributed by atoms with Gasteiger partial charge in [-0.1, -0.05) is 24.3 Å². The number of benzene rings is 2. The van der Waals surface area contributed by atoms with E-state index in [1.807, 2.05) is 39.8 Å². The number of carbonyl (C=O) groups is 1. The highest BCUT2D eigenvalue weighted by molar-refractivity contribution is 5.84. The zero-order valence-corrected chi connectivity index (χ0v) is 20.9. The summed E-state index contributed by atoms with van der Waals surface area (Å²) in [5.74, 6) is 0.871. The summed E-state index contributed by atoms with van der Waals surface area (Å²) in [6, 6.07) is 16.4. The lowest BCUT2D eigenvalue weighted by atomic mass is 10.1. The molecule has 4 aromatic rings. The highest BCUT2D eigenvalue weighted by atomic mass is 16.2. The summed E-state index contributed by atoms with van der Waals surface area (Å²) in [5, 5.41) is 3.39. The molecule has 0 spiro atoms. The van der Waals surface area contributed by atoms with Crippen LogP contribution in [0.15, 0.2) is 67.1 Å². The van der Waals surface area contributed by atoms with Crippen LogP contribution in [0.5, 0.6) is 0 Å². The van der Waals surface area contributed by atoms with Gasteiger partial charge in [-0.2, -0.15) is 0 Å². The van der Waals surface area contributed by atoms with Gasteiger partial charge in [-0.05, 0) is 37.1 Å². The van der Waals surface area contributed by atoms with Gasteiger partial charge in [0, 0.05) is 62.9 Å². The molecule has 2 fully saturated rings. The molecular formula is C28H32N8O. The van der Waals surface area contributed by atoms with E-state index in [4.69, 9.17) is 10.7 Å². The molecule has 2 aromatic heterocycles. The maximum atomic E-state index is 13.2. The molecule has 3 N–H and O–H groups in total. The number of rotatable bonds is 6. The molecule has 4 heterocycles. The molecule has 0 aliphatic carbocycles. The maximum absolute atomic E-state index is 13.2. The van der Waals surface area contributed by atoms with Gasteiger partial charge in [0.1, 0.15) is 11.5 Å². The van der Waals surface area contributed by atoms with Crippen LogP contribution in [0.25, 0.3) is 16.9 Å². The fourth-order valence-electron chi connectivity index (χ4n) is 5.33. The number of carbonyl (C=O) groups excluding carboxylic acids is 1. The standard InChI is InChI=1S/C28H32N8O/c29-23-5-1-2-6-24(23)34-15-17-35(18-16-34)26(37)20-31-28-27(32-25-19-30-11-14-36(25)28)21-7-9-22(10-8-21)33-12-3-4-13-33/h1-2,5-11,14,19,31H,3-4,12-13,15-18,20,29H2. The Balaban J connectivity index is 1.16. The summed E-state index contributed by atoms with van der Waals surface area (Å²) in [4.78, 5) is 28.8. The maximum Gasteiger partial charge on any atom is 0.242 e. The Hall–Kier alpha value is -4.27. The predicted molar refractivity (Wildman–Crippen MR) is 148 cm³/mol. The SMILES string of the molecule is Nc1ccccc1N1CCN(C(=O)CNc2c(-c3ccc(N4CCCC4)cc3)nc3cnccn23)CC1. The third-order valence-corrected chi connectivity index (χ3v) is 7.36. The molecular weight excluding hydrogens is 464 g/mol. The second-order valence-corrected chi connectivity index (χ2v) is 9.63. The Kier molecular flexibility index (Phi) is 6.26. The molecule has 0 bridgehead atoms. The summed E-state index contributed by atoms with van der Waals surface area (Å²) in [7, 11) is 0. The van der Waals surface area contributed by atoms with Crippen LogP contribution < -0.4 is 20.9 Å². The van der Waals surface area contributed by atoms with Gasteiger partial charge in [-0.15, -0.1) is 0 Å². The average molecular weight is 497 g/mol. The zero-order chi connectivity index (χ0) is 25.2. The fourth-order valence-corrected chi connectivity index (χ4v) is 5.33. The van der Waals surface area contributed by atoms with Crippen molar-refractivity contribution in [2.24, 2.45) is 0 Å². The molecule has 0 unspecified atom stereocenters. The number of piperazine rings is 1. The summed E-state index contributed by atoms with van der Waals surface area (Å²) in [6.45, 7) is 5.27. The number of nitrogen functional groups attached to an aromatic ring is 1. The van der Waals surface area contributed by atoms with E-state index in [2.05, 4.69) is 44.4 Å². The number of nitrogens with zero attached hydrogens (tertiary/aromatic N) is 6. The van der Waals surface area contributed by atoms with Crippen LogP contribution in [0.4, 0.5) is 22.9 Å². The molecule has 9 nitrogen and oxygen atoms in total. The summed E-state index contributed by atoms with van der Waals surface area (Å²) >= 11 is 0. The van der Waals surface area contributed by atoms with Crippen LogP contribution in [-0.2, 0) is 4.79 Å². The molecule has 0 saturated carbocycles. The average Bonchev–Trinajstić information content (AvgIpc) is 3.61. The lowest BCUT2D eigenvalue weighted by Gasteiger charge is -2.36. The van der Waals surface area contributed by atoms with Crippen LogP contribution >= 0.6 is 0 Å². The molecule has 37 heavy (non-hydrogen) atoms. The lowest BCUT2D eigenvalue weighted by Crippen LogP contribution is -2.50. The number of nitrogens with one attached hydrogen (secondary N) is 1. The van der Waals surface area contributed by atoms with Crippen molar-refractivity contribution in [1.82, 2.24) is 19.3 Å². The highest BCUT2D eigenvalue weighted by Gasteiger charge is 2.23. The van der Waals surface area contributed by atoms with Gasteiger partial charge in [0.25, 0.3) is 0 Å². The van der Waals surface area contributed by atoms with Crippen molar-refractivity contribution in [2.75, 3.05) is 66.7 Å². The van der Waals surface area contributed by atoms with Gasteiger partial charge in [0.15, 0.2) is 5.65 Å². The number of nitrogens with two attached hydrogens (primary N) is 1. The molecule has 2 aliphatic rings. The van der Waals surface area contributed by atoms with Crippen LogP contribution in [0.1, 0.15) is 12.8 Å². The molecule has 0 radical (unpaired) electrons. The third kappa shape index (κ3) is 4.64. The first kappa shape index (κ1) is 23.1. The molecule has 9 heteroatoms. The minimum atomic E-state index is 0.0695. The third-order valence-electron chi connectivity index (χ3n) is 7.36.